The van der Waals surface area contributed by atoms with E-state index in [1.165, 1.54) is 32.1 Å². The molecule has 4 saturated carbocycles. The van der Waals surface area contributed by atoms with E-state index in [0.29, 0.717) is 40.9 Å². The number of rotatable bonds is 1. The largest absolute Gasteiger partial charge is 0.396 e. The zero-order chi connectivity index (χ0) is 22.5. The summed E-state index contributed by atoms with van der Waals surface area (Å²) in [6, 6.07) is -0.0343. The van der Waals surface area contributed by atoms with Gasteiger partial charge >= 0.3 is 0 Å². The number of fused-ring (bicyclic) bond motifs is 8. The smallest absolute Gasteiger partial charge is 0.182 e. The predicted octanol–water partition coefficient (Wildman–Crippen LogP) is 3.31. The summed E-state index contributed by atoms with van der Waals surface area (Å²) in [5.41, 5.74) is 0.686. The van der Waals surface area contributed by atoms with Crippen LogP contribution in [0.15, 0.2) is 0 Å². The third kappa shape index (κ3) is 2.93. The van der Waals surface area contributed by atoms with Crippen molar-refractivity contribution >= 4 is 0 Å². The van der Waals surface area contributed by atoms with E-state index in [2.05, 4.69) is 26.1 Å². The number of aliphatic hydroxyl groups excluding tert-OH is 2. The summed E-state index contributed by atoms with van der Waals surface area (Å²) >= 11 is 0. The van der Waals surface area contributed by atoms with Crippen LogP contribution in [0.2, 0.25) is 0 Å². The zero-order valence-corrected chi connectivity index (χ0v) is 20.3. The molecule has 6 aliphatic rings. The number of ether oxygens (including phenoxy) is 1. The van der Waals surface area contributed by atoms with Crippen LogP contribution in [0.3, 0.4) is 0 Å². The molecular formula is C27H45NO4. The molecule has 0 aromatic carbocycles. The molecule has 32 heavy (non-hydrogen) atoms. The second kappa shape index (κ2) is 7.40. The van der Waals surface area contributed by atoms with Gasteiger partial charge in [-0.05, 0) is 104 Å². The Hall–Kier alpha value is -0.200. The van der Waals surface area contributed by atoms with Gasteiger partial charge in [0.1, 0.15) is 0 Å². The van der Waals surface area contributed by atoms with Crippen LogP contribution >= 0.6 is 0 Å². The van der Waals surface area contributed by atoms with Crippen molar-refractivity contribution in [3.05, 3.63) is 0 Å². The van der Waals surface area contributed by atoms with Crippen LogP contribution < -0.4 is 5.32 Å². The highest BCUT2D eigenvalue weighted by atomic mass is 16.6. The fourth-order valence-corrected chi connectivity index (χ4v) is 10.7. The molecule has 0 spiro atoms. The maximum absolute atomic E-state index is 11.6. The minimum Gasteiger partial charge on any atom is -0.396 e. The van der Waals surface area contributed by atoms with Gasteiger partial charge in [-0.15, -0.1) is 0 Å². The molecule has 0 aromatic rings. The summed E-state index contributed by atoms with van der Waals surface area (Å²) in [7, 11) is 0. The van der Waals surface area contributed by atoms with Gasteiger partial charge in [-0.1, -0.05) is 20.8 Å². The molecule has 5 nitrogen and oxygen atoms in total. The predicted molar refractivity (Wildman–Crippen MR) is 123 cm³/mol. The molecule has 0 bridgehead atoms. The fraction of sp³-hybridized carbons (Fsp3) is 1.00. The highest BCUT2D eigenvalue weighted by Gasteiger charge is 2.67. The van der Waals surface area contributed by atoms with E-state index < -0.39 is 5.79 Å². The summed E-state index contributed by atoms with van der Waals surface area (Å²) in [6.07, 6.45) is 10.1. The van der Waals surface area contributed by atoms with Gasteiger partial charge in [-0.3, -0.25) is 0 Å². The first kappa shape index (κ1) is 22.3. The SMILES string of the molecule is C[C@H]1[C@H]2[C@@H](C[C@@H]3[C@@H]4CC[C@H]5C[C@@H](O)CC[C@]5(C)[C@H]4CC[C@]23C)O[C@]2(O)C[C@H](CO)CN[C@@H]12. The molecule has 4 N–H and O–H groups in total. The van der Waals surface area contributed by atoms with Gasteiger partial charge < -0.3 is 25.4 Å². The minimum atomic E-state index is -1.14. The summed E-state index contributed by atoms with van der Waals surface area (Å²) < 4.78 is 6.64. The number of nitrogens with one attached hydrogen (secondary N) is 1. The van der Waals surface area contributed by atoms with Gasteiger partial charge in [0, 0.05) is 19.6 Å². The van der Waals surface area contributed by atoms with Crippen LogP contribution in [0.25, 0.3) is 0 Å². The van der Waals surface area contributed by atoms with Crippen molar-refractivity contribution in [3.63, 3.8) is 0 Å². The first-order valence-corrected chi connectivity index (χ1v) is 13.6. The highest BCUT2D eigenvalue weighted by Crippen LogP contribution is 2.70. The first-order valence-electron chi connectivity index (χ1n) is 13.6. The van der Waals surface area contributed by atoms with Crippen LogP contribution in [-0.2, 0) is 4.74 Å². The Balaban J connectivity index is 1.29. The van der Waals surface area contributed by atoms with Gasteiger partial charge in [-0.25, -0.2) is 0 Å². The second-order valence-electron chi connectivity index (χ2n) is 13.4. The summed E-state index contributed by atoms with van der Waals surface area (Å²) in [5.74, 6) is 2.72. The van der Waals surface area contributed by atoms with Gasteiger partial charge in [0.25, 0.3) is 0 Å². The standard InChI is InChI=1S/C27H45NO4/c1-15-23-22(32-27(31)12-16(14-29)13-28-24(15)27)11-21-19-5-4-17-10-18(30)6-8-25(17,2)20(19)7-9-26(21,23)3/h15-24,28-31H,4-14H2,1-3H3/t15-,16-,17-,18-,19+,20-,21+,22+,23-,24-,25-,26-,27+/m0/s1. The molecule has 4 aliphatic carbocycles. The lowest BCUT2D eigenvalue weighted by molar-refractivity contribution is -0.312. The van der Waals surface area contributed by atoms with E-state index in [1.54, 1.807) is 0 Å². The van der Waals surface area contributed by atoms with E-state index in [4.69, 9.17) is 4.74 Å². The number of aliphatic hydroxyl groups is 3. The lowest BCUT2D eigenvalue weighted by Gasteiger charge is -2.62. The first-order chi connectivity index (χ1) is 15.2. The average Bonchev–Trinajstić information content (AvgIpc) is 3.05. The molecule has 0 radical (unpaired) electrons. The maximum Gasteiger partial charge on any atom is 0.182 e. The maximum atomic E-state index is 11.6. The van der Waals surface area contributed by atoms with Crippen molar-refractivity contribution in [2.75, 3.05) is 13.2 Å². The van der Waals surface area contributed by atoms with Crippen LogP contribution in [0.5, 0.6) is 0 Å². The number of piperidine rings is 1. The van der Waals surface area contributed by atoms with Crippen LogP contribution in [0, 0.1) is 52.3 Å². The Morgan fingerprint density at radius 2 is 1.78 bits per heavy atom. The highest BCUT2D eigenvalue weighted by molar-refractivity contribution is 5.15. The lowest BCUT2D eigenvalue weighted by atomic mass is 9.44. The Morgan fingerprint density at radius 1 is 1.00 bits per heavy atom. The van der Waals surface area contributed by atoms with Crippen LogP contribution in [-0.4, -0.2) is 52.5 Å². The fourth-order valence-electron chi connectivity index (χ4n) is 10.7. The molecular weight excluding hydrogens is 402 g/mol. The molecule has 6 fully saturated rings. The Bertz CT molecular complexity index is 747. The molecule has 0 amide bonds. The quantitative estimate of drug-likeness (QED) is 0.496. The normalized spacial score (nSPS) is 61.7. The number of hydrogen-bond acceptors (Lipinski definition) is 5. The number of hydrogen-bond donors (Lipinski definition) is 4. The summed E-state index contributed by atoms with van der Waals surface area (Å²) in [4.78, 5) is 0. The van der Waals surface area contributed by atoms with Crippen molar-refractivity contribution in [3.8, 4) is 0 Å². The lowest BCUT2D eigenvalue weighted by Crippen LogP contribution is -2.68. The summed E-state index contributed by atoms with van der Waals surface area (Å²) in [6.45, 7) is 8.33. The van der Waals surface area contributed by atoms with E-state index in [9.17, 15) is 15.3 Å². The molecule has 182 valence electrons. The molecule has 2 heterocycles. The Morgan fingerprint density at radius 3 is 2.56 bits per heavy atom. The Labute approximate surface area is 193 Å². The van der Waals surface area contributed by atoms with Crippen LogP contribution in [0.1, 0.15) is 78.6 Å². The van der Waals surface area contributed by atoms with Gasteiger partial charge in [0.05, 0.1) is 18.2 Å². The van der Waals surface area contributed by atoms with Gasteiger partial charge in [0.2, 0.25) is 0 Å². The van der Waals surface area contributed by atoms with Crippen LogP contribution in [0.4, 0.5) is 0 Å². The molecule has 5 heteroatoms. The third-order valence-corrected chi connectivity index (χ3v) is 12.1. The van der Waals surface area contributed by atoms with E-state index >= 15 is 0 Å². The van der Waals surface area contributed by atoms with E-state index in [-0.39, 0.29) is 30.8 Å². The van der Waals surface area contributed by atoms with E-state index in [1.807, 2.05) is 0 Å². The zero-order valence-electron chi connectivity index (χ0n) is 20.3. The van der Waals surface area contributed by atoms with Crippen molar-refractivity contribution in [2.24, 2.45) is 52.3 Å². The second-order valence-corrected chi connectivity index (χ2v) is 13.4. The van der Waals surface area contributed by atoms with Crippen molar-refractivity contribution in [1.82, 2.24) is 5.32 Å². The summed E-state index contributed by atoms with van der Waals surface area (Å²) in [5, 5.41) is 35.2. The average molecular weight is 448 g/mol. The van der Waals surface area contributed by atoms with Crippen molar-refractivity contribution < 1.29 is 20.1 Å². The molecule has 13 atom stereocenters. The third-order valence-electron chi connectivity index (χ3n) is 12.1. The molecule has 2 aliphatic heterocycles. The molecule has 2 saturated heterocycles. The minimum absolute atomic E-state index is 0.0343. The van der Waals surface area contributed by atoms with Crippen molar-refractivity contribution in [2.45, 2.75) is 103 Å². The monoisotopic (exact) mass is 447 g/mol. The van der Waals surface area contributed by atoms with Crippen molar-refractivity contribution in [1.29, 1.82) is 0 Å². The topological polar surface area (TPSA) is 82.0 Å². The molecule has 6 rings (SSSR count). The van der Waals surface area contributed by atoms with Gasteiger partial charge in [0.15, 0.2) is 5.79 Å². The molecule has 0 unspecified atom stereocenters. The van der Waals surface area contributed by atoms with E-state index in [0.717, 1.165) is 37.6 Å². The van der Waals surface area contributed by atoms with Gasteiger partial charge in [-0.2, -0.15) is 0 Å². The Kier molecular flexibility index (Phi) is 5.15. The molecule has 0 aromatic heterocycles.